The second-order valence-corrected chi connectivity index (χ2v) is 8.94. The Balaban J connectivity index is 1.51. The van der Waals surface area contributed by atoms with E-state index in [2.05, 4.69) is 10.6 Å². The van der Waals surface area contributed by atoms with Crippen LogP contribution in [0.3, 0.4) is 0 Å². The highest BCUT2D eigenvalue weighted by molar-refractivity contribution is 6.03. The Morgan fingerprint density at radius 3 is 2.50 bits per heavy atom. The summed E-state index contributed by atoms with van der Waals surface area (Å²) < 4.78 is 5.35. The van der Waals surface area contributed by atoms with Gasteiger partial charge >= 0.3 is 6.03 Å². The van der Waals surface area contributed by atoms with Gasteiger partial charge in [-0.25, -0.2) is 4.79 Å². The van der Waals surface area contributed by atoms with Gasteiger partial charge in [0.1, 0.15) is 11.8 Å². The van der Waals surface area contributed by atoms with E-state index in [1.807, 2.05) is 68.4 Å². The van der Waals surface area contributed by atoms with Gasteiger partial charge in [0.05, 0.1) is 36.7 Å². The van der Waals surface area contributed by atoms with Crippen molar-refractivity contribution in [3.63, 3.8) is 0 Å². The first-order valence-corrected chi connectivity index (χ1v) is 12.0. The van der Waals surface area contributed by atoms with E-state index in [0.29, 0.717) is 29.1 Å². The van der Waals surface area contributed by atoms with Crippen LogP contribution in [0, 0.1) is 6.92 Å². The van der Waals surface area contributed by atoms with Crippen LogP contribution in [-0.4, -0.2) is 40.7 Å². The zero-order chi connectivity index (χ0) is 25.2. The standard InChI is InChI=1S/C28H28N4O4/c1-3-31-22-17-32(27(34)23(22)24(30-28(31)35)19-13-11-18(2)12-14-19)25(20-8-5-4-6-9-20)26(33)29-16-21-10-7-15-36-21/h4-15,24-25H,3,16-17H2,1-2H3,(H,29,33)(H,30,35)/t24-,25+/m1/s1. The molecule has 4 amide bonds. The molecular weight excluding hydrogens is 456 g/mol. The van der Waals surface area contributed by atoms with Gasteiger partial charge in [-0.05, 0) is 37.1 Å². The van der Waals surface area contributed by atoms with Crippen molar-refractivity contribution in [1.29, 1.82) is 0 Å². The number of hydrogen-bond acceptors (Lipinski definition) is 4. The third-order valence-corrected chi connectivity index (χ3v) is 6.67. The summed E-state index contributed by atoms with van der Waals surface area (Å²) in [5.74, 6) is 0.0303. The highest BCUT2D eigenvalue weighted by Gasteiger charge is 2.47. The lowest BCUT2D eigenvalue weighted by molar-refractivity contribution is -0.136. The van der Waals surface area contributed by atoms with Crippen molar-refractivity contribution in [2.24, 2.45) is 0 Å². The maximum Gasteiger partial charge on any atom is 0.322 e. The van der Waals surface area contributed by atoms with Crippen LogP contribution >= 0.6 is 0 Å². The summed E-state index contributed by atoms with van der Waals surface area (Å²) >= 11 is 0. The molecule has 2 aromatic carbocycles. The average Bonchev–Trinajstić information content (AvgIpc) is 3.52. The molecule has 2 atom stereocenters. The number of carbonyl (C=O) groups excluding carboxylic acids is 3. The van der Waals surface area contributed by atoms with Gasteiger partial charge in [-0.1, -0.05) is 60.2 Å². The molecule has 3 heterocycles. The normalized spacial score (nSPS) is 18.2. The predicted octanol–water partition coefficient (Wildman–Crippen LogP) is 3.83. The third kappa shape index (κ3) is 4.26. The van der Waals surface area contributed by atoms with Gasteiger partial charge in [0.15, 0.2) is 0 Å². The first-order valence-electron chi connectivity index (χ1n) is 12.0. The molecule has 0 bridgehead atoms. The van der Waals surface area contributed by atoms with Crippen molar-refractivity contribution in [3.05, 3.63) is 107 Å². The lowest BCUT2D eigenvalue weighted by atomic mass is 9.95. The maximum atomic E-state index is 14.0. The van der Waals surface area contributed by atoms with Crippen LogP contribution in [0.2, 0.25) is 0 Å². The summed E-state index contributed by atoms with van der Waals surface area (Å²) in [6.07, 6.45) is 1.55. The number of carbonyl (C=O) groups is 3. The van der Waals surface area contributed by atoms with Gasteiger partial charge in [-0.15, -0.1) is 0 Å². The largest absolute Gasteiger partial charge is 0.467 e. The summed E-state index contributed by atoms with van der Waals surface area (Å²) in [7, 11) is 0. The minimum Gasteiger partial charge on any atom is -0.467 e. The molecule has 3 aromatic rings. The van der Waals surface area contributed by atoms with Crippen molar-refractivity contribution in [3.8, 4) is 0 Å². The summed E-state index contributed by atoms with van der Waals surface area (Å²) in [5, 5.41) is 5.90. The van der Waals surface area contributed by atoms with Crippen molar-refractivity contribution in [1.82, 2.24) is 20.4 Å². The molecule has 0 fully saturated rings. The molecule has 1 aromatic heterocycles. The monoisotopic (exact) mass is 484 g/mol. The molecule has 0 spiro atoms. The number of hydrogen-bond donors (Lipinski definition) is 2. The van der Waals surface area contributed by atoms with Gasteiger partial charge in [0.2, 0.25) is 5.91 Å². The zero-order valence-corrected chi connectivity index (χ0v) is 20.2. The van der Waals surface area contributed by atoms with Gasteiger partial charge in [-0.2, -0.15) is 0 Å². The van der Waals surface area contributed by atoms with Crippen molar-refractivity contribution >= 4 is 17.8 Å². The van der Waals surface area contributed by atoms with Crippen molar-refractivity contribution < 1.29 is 18.8 Å². The lowest BCUT2D eigenvalue weighted by Crippen LogP contribution is -2.47. The molecule has 8 heteroatoms. The van der Waals surface area contributed by atoms with Crippen molar-refractivity contribution in [2.45, 2.75) is 32.5 Å². The first-order chi connectivity index (χ1) is 17.5. The zero-order valence-electron chi connectivity index (χ0n) is 20.2. The van der Waals surface area contributed by atoms with Crippen LogP contribution in [0.25, 0.3) is 0 Å². The van der Waals surface area contributed by atoms with E-state index in [9.17, 15) is 14.4 Å². The summed E-state index contributed by atoms with van der Waals surface area (Å²) in [6, 6.07) is 18.8. The Morgan fingerprint density at radius 2 is 1.83 bits per heavy atom. The topological polar surface area (TPSA) is 94.9 Å². The number of urea groups is 1. The van der Waals surface area contributed by atoms with Crippen LogP contribution in [0.15, 0.2) is 88.7 Å². The van der Waals surface area contributed by atoms with E-state index in [0.717, 1.165) is 11.1 Å². The SMILES string of the molecule is CCN1C(=O)N[C@H](c2ccc(C)cc2)C2=C1CN([C@H](C(=O)NCc1ccco1)c1ccccc1)C2=O. The minimum absolute atomic E-state index is 0.158. The Morgan fingerprint density at radius 1 is 1.08 bits per heavy atom. The van der Waals surface area contributed by atoms with Crippen LogP contribution in [-0.2, 0) is 16.1 Å². The Labute approximate surface area is 209 Å². The van der Waals surface area contributed by atoms with Crippen LogP contribution in [0.4, 0.5) is 4.79 Å². The summed E-state index contributed by atoms with van der Waals surface area (Å²) in [6.45, 7) is 4.63. The second kappa shape index (κ2) is 9.73. The highest BCUT2D eigenvalue weighted by atomic mass is 16.3. The molecule has 0 radical (unpaired) electrons. The fourth-order valence-corrected chi connectivity index (χ4v) is 4.86. The Hall–Kier alpha value is -4.33. The van der Waals surface area contributed by atoms with E-state index in [4.69, 9.17) is 4.42 Å². The van der Waals surface area contributed by atoms with E-state index in [-0.39, 0.29) is 30.9 Å². The van der Waals surface area contributed by atoms with Gasteiger partial charge in [0, 0.05) is 6.54 Å². The van der Waals surface area contributed by atoms with E-state index in [1.54, 1.807) is 28.2 Å². The average molecular weight is 485 g/mol. The Kier molecular flexibility index (Phi) is 6.33. The van der Waals surface area contributed by atoms with Crippen LogP contribution in [0.5, 0.6) is 0 Å². The first kappa shape index (κ1) is 23.4. The molecule has 0 aliphatic carbocycles. The molecular formula is C28H28N4O4. The molecule has 0 unspecified atom stereocenters. The van der Waals surface area contributed by atoms with E-state index >= 15 is 0 Å². The number of benzene rings is 2. The predicted molar refractivity (Wildman–Crippen MR) is 133 cm³/mol. The molecule has 8 nitrogen and oxygen atoms in total. The number of rotatable bonds is 7. The molecule has 0 saturated carbocycles. The summed E-state index contributed by atoms with van der Waals surface area (Å²) in [5.41, 5.74) is 3.74. The fraction of sp³-hybridized carbons (Fsp3) is 0.250. The third-order valence-electron chi connectivity index (χ3n) is 6.67. The van der Waals surface area contributed by atoms with Crippen LogP contribution < -0.4 is 10.6 Å². The minimum atomic E-state index is -0.869. The molecule has 0 saturated heterocycles. The number of aryl methyl sites for hydroxylation is 1. The number of likely N-dealkylation sites (N-methyl/N-ethyl adjacent to an activating group) is 1. The maximum absolute atomic E-state index is 14.0. The van der Waals surface area contributed by atoms with E-state index < -0.39 is 12.1 Å². The van der Waals surface area contributed by atoms with Gasteiger partial charge in [0.25, 0.3) is 5.91 Å². The highest BCUT2D eigenvalue weighted by Crippen LogP contribution is 2.39. The number of nitrogens with zero attached hydrogens (tertiary/aromatic N) is 2. The lowest BCUT2D eigenvalue weighted by Gasteiger charge is -2.33. The van der Waals surface area contributed by atoms with Gasteiger partial charge in [-0.3, -0.25) is 14.5 Å². The molecule has 5 rings (SSSR count). The smallest absolute Gasteiger partial charge is 0.322 e. The molecule has 2 aliphatic rings. The second-order valence-electron chi connectivity index (χ2n) is 8.94. The molecule has 36 heavy (non-hydrogen) atoms. The number of nitrogens with one attached hydrogen (secondary N) is 2. The van der Waals surface area contributed by atoms with E-state index in [1.165, 1.54) is 0 Å². The van der Waals surface area contributed by atoms with Gasteiger partial charge < -0.3 is 20.0 Å². The molecule has 184 valence electrons. The number of amides is 4. The Bertz CT molecular complexity index is 1300. The fourth-order valence-electron chi connectivity index (χ4n) is 4.86. The number of furan rings is 1. The molecule has 2 N–H and O–H groups in total. The summed E-state index contributed by atoms with van der Waals surface area (Å²) in [4.78, 5) is 43.7. The van der Waals surface area contributed by atoms with Crippen LogP contribution in [0.1, 0.15) is 41.5 Å². The van der Waals surface area contributed by atoms with Crippen molar-refractivity contribution in [2.75, 3.05) is 13.1 Å². The molecule has 2 aliphatic heterocycles. The quantitative estimate of drug-likeness (QED) is 0.533.